The van der Waals surface area contributed by atoms with Gasteiger partial charge in [0.25, 0.3) is 0 Å². The van der Waals surface area contributed by atoms with E-state index in [1.165, 1.54) is 18.4 Å². The Morgan fingerprint density at radius 3 is 2.92 bits per heavy atom. The fourth-order valence-corrected chi connectivity index (χ4v) is 1.93. The van der Waals surface area contributed by atoms with Gasteiger partial charge in [-0.15, -0.1) is 0 Å². The third-order valence-electron chi connectivity index (χ3n) is 2.87. The van der Waals surface area contributed by atoms with Crippen LogP contribution in [0.4, 0.5) is 0 Å². The van der Waals surface area contributed by atoms with Crippen LogP contribution in [-0.2, 0) is 0 Å². The SMILES string of the molecule is CCC(CN)C1CC=CC=C1C. The molecular weight excluding hydrogens is 146 g/mol. The fourth-order valence-electron chi connectivity index (χ4n) is 1.93. The molecule has 0 saturated heterocycles. The molecule has 0 spiro atoms. The van der Waals surface area contributed by atoms with Gasteiger partial charge in [-0.05, 0) is 31.7 Å². The summed E-state index contributed by atoms with van der Waals surface area (Å²) in [6.45, 7) is 5.26. The van der Waals surface area contributed by atoms with Gasteiger partial charge in [-0.1, -0.05) is 37.1 Å². The van der Waals surface area contributed by atoms with Gasteiger partial charge in [0.15, 0.2) is 0 Å². The Bertz CT molecular complexity index is 187. The second-order valence-electron chi connectivity index (χ2n) is 3.59. The van der Waals surface area contributed by atoms with Crippen LogP contribution in [0.25, 0.3) is 0 Å². The molecule has 2 N–H and O–H groups in total. The van der Waals surface area contributed by atoms with Gasteiger partial charge in [-0.25, -0.2) is 0 Å². The lowest BCUT2D eigenvalue weighted by Crippen LogP contribution is -2.24. The van der Waals surface area contributed by atoms with E-state index in [4.69, 9.17) is 5.73 Å². The monoisotopic (exact) mass is 165 g/mol. The zero-order valence-electron chi connectivity index (χ0n) is 8.09. The molecule has 0 amide bonds. The standard InChI is InChI=1S/C11H19N/c1-3-10(8-12)11-7-5-4-6-9(11)2/h4-6,10-11H,3,7-8,12H2,1-2H3. The van der Waals surface area contributed by atoms with Gasteiger partial charge in [0.1, 0.15) is 0 Å². The van der Waals surface area contributed by atoms with Crippen LogP contribution in [-0.4, -0.2) is 6.54 Å². The minimum Gasteiger partial charge on any atom is -0.330 e. The first-order valence-corrected chi connectivity index (χ1v) is 4.83. The summed E-state index contributed by atoms with van der Waals surface area (Å²) in [5.74, 6) is 1.37. The maximum atomic E-state index is 5.73. The van der Waals surface area contributed by atoms with Crippen LogP contribution in [0.3, 0.4) is 0 Å². The van der Waals surface area contributed by atoms with E-state index in [0.29, 0.717) is 11.8 Å². The van der Waals surface area contributed by atoms with E-state index in [-0.39, 0.29) is 0 Å². The molecule has 0 aromatic carbocycles. The van der Waals surface area contributed by atoms with Crippen LogP contribution >= 0.6 is 0 Å². The van der Waals surface area contributed by atoms with Crippen molar-refractivity contribution in [3.05, 3.63) is 23.8 Å². The molecule has 0 fully saturated rings. The van der Waals surface area contributed by atoms with Crippen LogP contribution in [0.5, 0.6) is 0 Å². The van der Waals surface area contributed by atoms with Crippen molar-refractivity contribution in [1.29, 1.82) is 0 Å². The molecular formula is C11H19N. The van der Waals surface area contributed by atoms with Crippen molar-refractivity contribution in [1.82, 2.24) is 0 Å². The van der Waals surface area contributed by atoms with Crippen molar-refractivity contribution < 1.29 is 0 Å². The van der Waals surface area contributed by atoms with Crippen molar-refractivity contribution in [2.75, 3.05) is 6.54 Å². The van der Waals surface area contributed by atoms with Crippen LogP contribution in [0.15, 0.2) is 23.8 Å². The van der Waals surface area contributed by atoms with Crippen molar-refractivity contribution in [3.8, 4) is 0 Å². The zero-order chi connectivity index (χ0) is 8.97. The molecule has 2 atom stereocenters. The minimum absolute atomic E-state index is 0.672. The molecule has 1 heteroatoms. The Kier molecular flexibility index (Phi) is 3.54. The predicted molar refractivity (Wildman–Crippen MR) is 53.8 cm³/mol. The molecule has 0 aromatic rings. The smallest absolute Gasteiger partial charge is 0.00431 e. The van der Waals surface area contributed by atoms with Crippen molar-refractivity contribution in [2.45, 2.75) is 26.7 Å². The van der Waals surface area contributed by atoms with E-state index in [1.54, 1.807) is 0 Å². The van der Waals surface area contributed by atoms with Crippen LogP contribution in [0.1, 0.15) is 26.7 Å². The molecule has 1 aliphatic carbocycles. The van der Waals surface area contributed by atoms with Gasteiger partial charge in [0.05, 0.1) is 0 Å². The highest BCUT2D eigenvalue weighted by Crippen LogP contribution is 2.28. The summed E-state index contributed by atoms with van der Waals surface area (Å²) in [5, 5.41) is 0. The quantitative estimate of drug-likeness (QED) is 0.683. The topological polar surface area (TPSA) is 26.0 Å². The third kappa shape index (κ3) is 1.98. The molecule has 68 valence electrons. The summed E-state index contributed by atoms with van der Waals surface area (Å²) >= 11 is 0. The molecule has 2 unspecified atom stereocenters. The van der Waals surface area contributed by atoms with Gasteiger partial charge >= 0.3 is 0 Å². The second kappa shape index (κ2) is 4.46. The lowest BCUT2D eigenvalue weighted by atomic mass is 9.80. The number of nitrogens with two attached hydrogens (primary N) is 1. The molecule has 0 aliphatic heterocycles. The van der Waals surface area contributed by atoms with Crippen LogP contribution in [0.2, 0.25) is 0 Å². The highest BCUT2D eigenvalue weighted by Gasteiger charge is 2.19. The van der Waals surface area contributed by atoms with Crippen LogP contribution in [0, 0.1) is 11.8 Å². The molecule has 1 rings (SSSR count). The predicted octanol–water partition coefficient (Wildman–Crippen LogP) is 2.49. The molecule has 0 aromatic heterocycles. The average molecular weight is 165 g/mol. The first-order valence-electron chi connectivity index (χ1n) is 4.83. The normalized spacial score (nSPS) is 25.2. The maximum absolute atomic E-state index is 5.73. The summed E-state index contributed by atoms with van der Waals surface area (Å²) in [4.78, 5) is 0. The molecule has 1 aliphatic rings. The number of rotatable bonds is 3. The van der Waals surface area contributed by atoms with E-state index in [1.807, 2.05) is 0 Å². The molecule has 0 saturated carbocycles. The fraction of sp³-hybridized carbons (Fsp3) is 0.636. The average Bonchev–Trinajstić information content (AvgIpc) is 2.10. The van der Waals surface area contributed by atoms with E-state index < -0.39 is 0 Å². The molecule has 0 radical (unpaired) electrons. The van der Waals surface area contributed by atoms with E-state index in [9.17, 15) is 0 Å². The molecule has 0 heterocycles. The maximum Gasteiger partial charge on any atom is -0.00431 e. The minimum atomic E-state index is 0.672. The molecule has 12 heavy (non-hydrogen) atoms. The van der Waals surface area contributed by atoms with E-state index >= 15 is 0 Å². The largest absolute Gasteiger partial charge is 0.330 e. The lowest BCUT2D eigenvalue weighted by Gasteiger charge is -2.26. The lowest BCUT2D eigenvalue weighted by molar-refractivity contribution is 0.375. The molecule has 1 nitrogen and oxygen atoms in total. The first kappa shape index (κ1) is 9.53. The Morgan fingerprint density at radius 2 is 2.42 bits per heavy atom. The highest BCUT2D eigenvalue weighted by atomic mass is 14.6. The Morgan fingerprint density at radius 1 is 1.67 bits per heavy atom. The van der Waals surface area contributed by atoms with Gasteiger partial charge < -0.3 is 5.73 Å². The zero-order valence-corrected chi connectivity index (χ0v) is 8.09. The first-order chi connectivity index (χ1) is 5.79. The second-order valence-corrected chi connectivity index (χ2v) is 3.59. The number of allylic oxidation sites excluding steroid dienone is 4. The summed E-state index contributed by atoms with van der Waals surface area (Å²) in [7, 11) is 0. The summed E-state index contributed by atoms with van der Waals surface area (Å²) in [5.41, 5.74) is 7.22. The number of hydrogen-bond acceptors (Lipinski definition) is 1. The van der Waals surface area contributed by atoms with Gasteiger partial charge in [0.2, 0.25) is 0 Å². The Balaban J connectivity index is 2.62. The van der Waals surface area contributed by atoms with E-state index in [2.05, 4.69) is 32.1 Å². The van der Waals surface area contributed by atoms with Gasteiger partial charge in [-0.3, -0.25) is 0 Å². The highest BCUT2D eigenvalue weighted by molar-refractivity contribution is 5.19. The molecule has 0 bridgehead atoms. The third-order valence-corrected chi connectivity index (χ3v) is 2.87. The van der Waals surface area contributed by atoms with Crippen molar-refractivity contribution in [2.24, 2.45) is 17.6 Å². The van der Waals surface area contributed by atoms with Crippen LogP contribution < -0.4 is 5.73 Å². The summed E-state index contributed by atoms with van der Waals surface area (Å²) in [6, 6.07) is 0. The summed E-state index contributed by atoms with van der Waals surface area (Å²) in [6.07, 6.45) is 8.98. The Hall–Kier alpha value is -0.560. The number of hydrogen-bond donors (Lipinski definition) is 1. The van der Waals surface area contributed by atoms with Crippen molar-refractivity contribution >= 4 is 0 Å². The van der Waals surface area contributed by atoms with Crippen molar-refractivity contribution in [3.63, 3.8) is 0 Å². The van der Waals surface area contributed by atoms with Gasteiger partial charge in [0, 0.05) is 0 Å². The Labute approximate surface area is 75.3 Å². The van der Waals surface area contributed by atoms with Gasteiger partial charge in [-0.2, -0.15) is 0 Å². The summed E-state index contributed by atoms with van der Waals surface area (Å²) < 4.78 is 0. The van der Waals surface area contributed by atoms with E-state index in [0.717, 1.165) is 6.54 Å².